The van der Waals surface area contributed by atoms with Crippen molar-refractivity contribution in [3.63, 3.8) is 0 Å². The highest BCUT2D eigenvalue weighted by Crippen LogP contribution is 2.45. The first-order valence-electron chi connectivity index (χ1n) is 7.17. The normalized spacial score (nSPS) is 21.5. The molecule has 1 aliphatic rings. The van der Waals surface area contributed by atoms with Gasteiger partial charge in [-0.15, -0.1) is 11.3 Å². The third-order valence-corrected chi connectivity index (χ3v) is 5.50. The fourth-order valence-corrected chi connectivity index (χ4v) is 4.53. The number of rotatable bonds is 4. The monoisotopic (exact) mass is 307 g/mol. The van der Waals surface area contributed by atoms with E-state index in [-0.39, 0.29) is 6.10 Å². The number of fused-ring (bicyclic) bond motifs is 3. The standard InChI is InChI=1S/C14H21N5OS/c1-17-13-12-10(18-14(16)19-13)9-6-8(20-2)5-7(3-4-15)11(9)21-12/h7-8H,3-6,15H2,1-2H3,(H3,16,17,18,19). The second-order valence-corrected chi connectivity index (χ2v) is 6.43. The summed E-state index contributed by atoms with van der Waals surface area (Å²) in [6.45, 7) is 0.682. The molecule has 2 heterocycles. The summed E-state index contributed by atoms with van der Waals surface area (Å²) in [7, 11) is 3.63. The van der Waals surface area contributed by atoms with Gasteiger partial charge in [-0.2, -0.15) is 4.98 Å². The number of methoxy groups -OCH3 is 1. The molecule has 5 N–H and O–H groups in total. The van der Waals surface area contributed by atoms with E-state index in [0.29, 0.717) is 18.4 Å². The molecule has 0 bridgehead atoms. The van der Waals surface area contributed by atoms with Gasteiger partial charge in [0.2, 0.25) is 5.95 Å². The number of nitrogens with zero attached hydrogens (tertiary/aromatic N) is 2. The van der Waals surface area contributed by atoms with Gasteiger partial charge in [0.05, 0.1) is 16.3 Å². The molecule has 0 saturated carbocycles. The van der Waals surface area contributed by atoms with Crippen LogP contribution in [0.5, 0.6) is 0 Å². The van der Waals surface area contributed by atoms with Crippen molar-refractivity contribution in [1.82, 2.24) is 9.97 Å². The predicted octanol–water partition coefficient (Wildman–Crippen LogP) is 1.71. The Morgan fingerprint density at radius 3 is 2.90 bits per heavy atom. The van der Waals surface area contributed by atoms with Crippen LogP contribution in [0.25, 0.3) is 10.2 Å². The first-order chi connectivity index (χ1) is 10.2. The Morgan fingerprint density at radius 2 is 2.24 bits per heavy atom. The topological polar surface area (TPSA) is 99.1 Å². The Bertz CT molecular complexity index is 656. The van der Waals surface area contributed by atoms with Crippen LogP contribution in [0, 0.1) is 0 Å². The Kier molecular flexibility index (Phi) is 3.97. The van der Waals surface area contributed by atoms with Crippen LogP contribution in [0.3, 0.4) is 0 Å². The average molecular weight is 307 g/mol. The van der Waals surface area contributed by atoms with Crippen LogP contribution >= 0.6 is 11.3 Å². The number of nitrogens with two attached hydrogens (primary N) is 2. The van der Waals surface area contributed by atoms with Gasteiger partial charge in [-0.05, 0) is 30.9 Å². The molecule has 2 atom stereocenters. The molecule has 1 aliphatic carbocycles. The van der Waals surface area contributed by atoms with E-state index in [2.05, 4.69) is 15.3 Å². The van der Waals surface area contributed by atoms with Crippen molar-refractivity contribution in [3.05, 3.63) is 10.4 Å². The van der Waals surface area contributed by atoms with Crippen molar-refractivity contribution in [2.75, 3.05) is 31.8 Å². The highest BCUT2D eigenvalue weighted by Gasteiger charge is 2.31. The summed E-state index contributed by atoms with van der Waals surface area (Å²) in [5, 5.41) is 3.12. The van der Waals surface area contributed by atoms with Gasteiger partial charge in [-0.3, -0.25) is 0 Å². The molecular weight excluding hydrogens is 286 g/mol. The molecule has 3 rings (SSSR count). The first-order valence-corrected chi connectivity index (χ1v) is 7.99. The smallest absolute Gasteiger partial charge is 0.222 e. The second-order valence-electron chi connectivity index (χ2n) is 5.37. The summed E-state index contributed by atoms with van der Waals surface area (Å²) in [5.74, 6) is 1.55. The number of ether oxygens (including phenoxy) is 1. The lowest BCUT2D eigenvalue weighted by molar-refractivity contribution is 0.0832. The van der Waals surface area contributed by atoms with Crippen LogP contribution in [0.15, 0.2) is 0 Å². The van der Waals surface area contributed by atoms with Gasteiger partial charge in [0.15, 0.2) is 0 Å². The highest BCUT2D eigenvalue weighted by molar-refractivity contribution is 7.20. The summed E-state index contributed by atoms with van der Waals surface area (Å²) in [5.41, 5.74) is 13.9. The number of hydrogen-bond donors (Lipinski definition) is 3. The van der Waals surface area contributed by atoms with Crippen LogP contribution in [0.4, 0.5) is 11.8 Å². The first kappa shape index (κ1) is 14.5. The van der Waals surface area contributed by atoms with E-state index < -0.39 is 0 Å². The van der Waals surface area contributed by atoms with Gasteiger partial charge in [0.25, 0.3) is 0 Å². The minimum absolute atomic E-state index is 0.223. The average Bonchev–Trinajstić information content (AvgIpc) is 2.85. The molecule has 0 radical (unpaired) electrons. The van der Waals surface area contributed by atoms with Gasteiger partial charge in [0, 0.05) is 25.5 Å². The Morgan fingerprint density at radius 1 is 1.43 bits per heavy atom. The summed E-state index contributed by atoms with van der Waals surface area (Å²) in [6, 6.07) is 0. The molecular formula is C14H21N5OS. The molecule has 7 heteroatoms. The van der Waals surface area contributed by atoms with Crippen molar-refractivity contribution in [2.24, 2.45) is 5.73 Å². The molecule has 6 nitrogen and oxygen atoms in total. The van der Waals surface area contributed by atoms with E-state index in [1.54, 1.807) is 18.4 Å². The van der Waals surface area contributed by atoms with Crippen molar-refractivity contribution in [3.8, 4) is 0 Å². The van der Waals surface area contributed by atoms with Gasteiger partial charge in [0.1, 0.15) is 5.82 Å². The molecule has 0 saturated heterocycles. The van der Waals surface area contributed by atoms with E-state index in [4.69, 9.17) is 16.2 Å². The zero-order valence-corrected chi connectivity index (χ0v) is 13.2. The number of thiophene rings is 1. The Balaban J connectivity index is 2.18. The van der Waals surface area contributed by atoms with Gasteiger partial charge in [-0.25, -0.2) is 4.98 Å². The molecule has 21 heavy (non-hydrogen) atoms. The number of nitrogen functional groups attached to an aromatic ring is 1. The van der Waals surface area contributed by atoms with Crippen molar-refractivity contribution < 1.29 is 4.74 Å². The van der Waals surface area contributed by atoms with Crippen LogP contribution in [-0.4, -0.2) is 36.8 Å². The van der Waals surface area contributed by atoms with E-state index in [9.17, 15) is 0 Å². The van der Waals surface area contributed by atoms with Crippen LogP contribution in [0.2, 0.25) is 0 Å². The Hall–Kier alpha value is -1.44. The number of anilines is 2. The maximum Gasteiger partial charge on any atom is 0.222 e. The molecule has 0 aliphatic heterocycles. The summed E-state index contributed by atoms with van der Waals surface area (Å²) in [6.07, 6.45) is 3.09. The van der Waals surface area contributed by atoms with Crippen molar-refractivity contribution in [2.45, 2.75) is 31.3 Å². The highest BCUT2D eigenvalue weighted by atomic mass is 32.1. The van der Waals surface area contributed by atoms with E-state index >= 15 is 0 Å². The van der Waals surface area contributed by atoms with Crippen LogP contribution in [-0.2, 0) is 11.2 Å². The molecule has 2 aromatic rings. The third-order valence-electron chi connectivity index (χ3n) is 4.11. The second kappa shape index (κ2) is 5.75. The van der Waals surface area contributed by atoms with Crippen LogP contribution < -0.4 is 16.8 Å². The zero-order valence-electron chi connectivity index (χ0n) is 12.3. The Labute approximate surface area is 127 Å². The lowest BCUT2D eigenvalue weighted by Gasteiger charge is -2.28. The van der Waals surface area contributed by atoms with E-state index in [1.165, 1.54) is 10.4 Å². The van der Waals surface area contributed by atoms with Gasteiger partial charge >= 0.3 is 0 Å². The van der Waals surface area contributed by atoms with Gasteiger partial charge < -0.3 is 21.5 Å². The summed E-state index contributed by atoms with van der Waals surface area (Å²) < 4.78 is 6.68. The van der Waals surface area contributed by atoms with E-state index in [0.717, 1.165) is 35.3 Å². The van der Waals surface area contributed by atoms with Gasteiger partial charge in [-0.1, -0.05) is 0 Å². The maximum atomic E-state index is 5.84. The van der Waals surface area contributed by atoms with E-state index in [1.807, 2.05) is 7.05 Å². The molecule has 114 valence electrons. The zero-order chi connectivity index (χ0) is 15.0. The summed E-state index contributed by atoms with van der Waals surface area (Å²) >= 11 is 1.77. The number of nitrogens with one attached hydrogen (secondary N) is 1. The molecule has 0 fully saturated rings. The molecule has 0 amide bonds. The number of hydrogen-bond acceptors (Lipinski definition) is 7. The predicted molar refractivity (Wildman–Crippen MR) is 86.9 cm³/mol. The van der Waals surface area contributed by atoms with Crippen molar-refractivity contribution >= 4 is 33.3 Å². The third kappa shape index (κ3) is 2.45. The number of aromatic nitrogens is 2. The largest absolute Gasteiger partial charge is 0.381 e. The lowest BCUT2D eigenvalue weighted by atomic mass is 9.85. The SMILES string of the molecule is CNc1nc(N)nc2c3c(sc12)C(CCN)CC(OC)C3. The fraction of sp³-hybridized carbons (Fsp3) is 0.571. The molecule has 0 spiro atoms. The summed E-state index contributed by atoms with van der Waals surface area (Å²) in [4.78, 5) is 10.1. The minimum atomic E-state index is 0.223. The van der Waals surface area contributed by atoms with Crippen molar-refractivity contribution in [1.29, 1.82) is 0 Å². The molecule has 2 unspecified atom stereocenters. The molecule has 2 aromatic heterocycles. The molecule has 0 aromatic carbocycles. The maximum absolute atomic E-state index is 5.84. The quantitative estimate of drug-likeness (QED) is 0.795. The lowest BCUT2D eigenvalue weighted by Crippen LogP contribution is -2.25. The fourth-order valence-electron chi connectivity index (χ4n) is 3.12. The minimum Gasteiger partial charge on any atom is -0.381 e. The van der Waals surface area contributed by atoms with Crippen LogP contribution in [0.1, 0.15) is 29.2 Å².